The molecule has 0 spiro atoms. The highest BCUT2D eigenvalue weighted by atomic mass is 127. The lowest BCUT2D eigenvalue weighted by Crippen LogP contribution is -2.04. The number of carbonyl (C=O) groups excluding carboxylic acids is 1. The van der Waals surface area contributed by atoms with Crippen LogP contribution in [-0.2, 0) is 11.2 Å². The van der Waals surface area contributed by atoms with Crippen molar-refractivity contribution in [2.45, 2.75) is 11.3 Å². The van der Waals surface area contributed by atoms with Crippen LogP contribution in [0.1, 0.15) is 5.56 Å². The highest BCUT2D eigenvalue weighted by molar-refractivity contribution is 14.1. The average Bonchev–Trinajstić information content (AvgIpc) is 2.09. The molecule has 0 aromatic heterocycles. The summed E-state index contributed by atoms with van der Waals surface area (Å²) in [5.74, 6) is 0.177. The average molecular weight is 371 g/mol. The van der Waals surface area contributed by atoms with Gasteiger partial charge in [-0.25, -0.2) is 0 Å². The highest BCUT2D eigenvalue weighted by Crippen LogP contribution is 2.18. The van der Waals surface area contributed by atoms with Gasteiger partial charge < -0.3 is 0 Å². The maximum Gasteiger partial charge on any atom is 0.147 e. The number of Topliss-reactive ketones (excluding diaryl/α,β-unsaturated/α-hetero) is 1. The Morgan fingerprint density at radius 2 is 2.23 bits per heavy atom. The van der Waals surface area contributed by atoms with E-state index in [0.29, 0.717) is 11.8 Å². The number of halogens is 2. The van der Waals surface area contributed by atoms with Gasteiger partial charge in [0.05, 0.1) is 5.33 Å². The van der Waals surface area contributed by atoms with E-state index in [1.165, 1.54) is 0 Å². The van der Waals surface area contributed by atoms with Crippen LogP contribution < -0.4 is 0 Å². The largest absolute Gasteiger partial charge is 0.298 e. The molecule has 0 N–H and O–H groups in total. The number of hydrogen-bond acceptors (Lipinski definition) is 2. The smallest absolute Gasteiger partial charge is 0.147 e. The van der Waals surface area contributed by atoms with E-state index in [0.717, 1.165) is 14.0 Å². The summed E-state index contributed by atoms with van der Waals surface area (Å²) in [7, 11) is 0. The number of rotatable bonds is 3. The molecule has 4 heteroatoms. The summed E-state index contributed by atoms with van der Waals surface area (Å²) >= 11 is 9.67. The standard InChI is InChI=1S/C9H8BrIOS/c10-5-8(12)3-6-1-2-7(11)4-9(6)13/h1-2,4,13H,3,5H2. The molecule has 0 heterocycles. The zero-order valence-electron chi connectivity index (χ0n) is 6.76. The molecular weight excluding hydrogens is 363 g/mol. The van der Waals surface area contributed by atoms with Crippen LogP contribution in [0.25, 0.3) is 0 Å². The summed E-state index contributed by atoms with van der Waals surface area (Å²) in [6.45, 7) is 0. The van der Waals surface area contributed by atoms with E-state index in [1.54, 1.807) is 0 Å². The van der Waals surface area contributed by atoms with E-state index in [1.807, 2.05) is 18.2 Å². The second kappa shape index (κ2) is 5.36. The van der Waals surface area contributed by atoms with E-state index >= 15 is 0 Å². The zero-order chi connectivity index (χ0) is 9.84. The summed E-state index contributed by atoms with van der Waals surface area (Å²) < 4.78 is 1.14. The van der Waals surface area contributed by atoms with Crippen molar-refractivity contribution in [1.29, 1.82) is 0 Å². The first kappa shape index (κ1) is 11.5. The van der Waals surface area contributed by atoms with Crippen LogP contribution in [0.15, 0.2) is 23.1 Å². The summed E-state index contributed by atoms with van der Waals surface area (Å²) in [4.78, 5) is 12.0. The molecule has 1 aromatic carbocycles. The molecule has 0 aliphatic heterocycles. The highest BCUT2D eigenvalue weighted by Gasteiger charge is 2.04. The van der Waals surface area contributed by atoms with Crippen LogP contribution in [0.2, 0.25) is 0 Å². The molecule has 0 bridgehead atoms. The van der Waals surface area contributed by atoms with E-state index < -0.39 is 0 Å². The molecule has 0 amide bonds. The molecule has 0 atom stereocenters. The molecule has 1 aromatic rings. The number of thiol groups is 1. The van der Waals surface area contributed by atoms with Gasteiger partial charge in [-0.3, -0.25) is 4.79 Å². The van der Waals surface area contributed by atoms with Crippen molar-refractivity contribution in [2.75, 3.05) is 5.33 Å². The Hall–Kier alpha value is 0.450. The first-order valence-corrected chi connectivity index (χ1v) is 6.33. The first-order valence-electron chi connectivity index (χ1n) is 3.68. The summed E-state index contributed by atoms with van der Waals surface area (Å²) in [5, 5.41) is 0.409. The Labute approximate surface area is 105 Å². The molecule has 0 saturated carbocycles. The van der Waals surface area contributed by atoms with E-state index in [2.05, 4.69) is 51.1 Å². The molecule has 0 aliphatic rings. The van der Waals surface area contributed by atoms with Gasteiger partial charge in [0.2, 0.25) is 0 Å². The minimum Gasteiger partial charge on any atom is -0.298 e. The van der Waals surface area contributed by atoms with Crippen molar-refractivity contribution in [3.05, 3.63) is 27.3 Å². The Morgan fingerprint density at radius 3 is 2.77 bits per heavy atom. The third-order valence-corrected chi connectivity index (χ3v) is 3.30. The molecule has 0 radical (unpaired) electrons. The Kier molecular flexibility index (Phi) is 4.75. The normalized spacial score (nSPS) is 10.1. The molecule has 0 saturated heterocycles. The topological polar surface area (TPSA) is 17.1 Å². The molecule has 70 valence electrons. The third kappa shape index (κ3) is 3.59. The van der Waals surface area contributed by atoms with Gasteiger partial charge in [-0.05, 0) is 40.3 Å². The lowest BCUT2D eigenvalue weighted by molar-refractivity contribution is -0.115. The number of hydrogen-bond donors (Lipinski definition) is 1. The van der Waals surface area contributed by atoms with Crippen LogP contribution in [0.3, 0.4) is 0 Å². The third-order valence-electron chi connectivity index (χ3n) is 1.58. The Bertz CT molecular complexity index is 327. The maximum absolute atomic E-state index is 11.1. The summed E-state index contributed by atoms with van der Waals surface area (Å²) in [6.07, 6.45) is 0.459. The SMILES string of the molecule is O=C(CBr)Cc1ccc(I)cc1S. The first-order chi connectivity index (χ1) is 6.13. The lowest BCUT2D eigenvalue weighted by Gasteiger charge is -2.03. The Morgan fingerprint density at radius 1 is 1.54 bits per heavy atom. The number of benzene rings is 1. The monoisotopic (exact) mass is 370 g/mol. The van der Waals surface area contributed by atoms with Crippen LogP contribution in [0.4, 0.5) is 0 Å². The molecule has 1 nitrogen and oxygen atoms in total. The van der Waals surface area contributed by atoms with Crippen LogP contribution in [0, 0.1) is 3.57 Å². The lowest BCUT2D eigenvalue weighted by atomic mass is 10.1. The zero-order valence-corrected chi connectivity index (χ0v) is 11.4. The van der Waals surface area contributed by atoms with E-state index in [9.17, 15) is 4.79 Å². The number of ketones is 1. The van der Waals surface area contributed by atoms with E-state index in [4.69, 9.17) is 0 Å². The van der Waals surface area contributed by atoms with Gasteiger partial charge in [0.1, 0.15) is 5.78 Å². The van der Waals surface area contributed by atoms with Gasteiger partial charge in [0, 0.05) is 14.9 Å². The van der Waals surface area contributed by atoms with Gasteiger partial charge in [-0.2, -0.15) is 0 Å². The van der Waals surface area contributed by atoms with Crippen LogP contribution in [-0.4, -0.2) is 11.1 Å². The van der Waals surface area contributed by atoms with Crippen molar-refractivity contribution < 1.29 is 4.79 Å². The molecule has 13 heavy (non-hydrogen) atoms. The summed E-state index contributed by atoms with van der Waals surface area (Å²) in [5.41, 5.74) is 0.994. The number of alkyl halides is 1. The molecule has 0 fully saturated rings. The maximum atomic E-state index is 11.1. The fourth-order valence-electron chi connectivity index (χ4n) is 0.946. The quantitative estimate of drug-likeness (QED) is 0.491. The van der Waals surface area contributed by atoms with Gasteiger partial charge in [-0.1, -0.05) is 22.0 Å². The minimum atomic E-state index is 0.177. The molecule has 0 unspecified atom stereocenters. The van der Waals surface area contributed by atoms with Gasteiger partial charge in [0.15, 0.2) is 0 Å². The van der Waals surface area contributed by atoms with Crippen molar-refractivity contribution >= 4 is 56.9 Å². The molecule has 1 rings (SSSR count). The fourth-order valence-corrected chi connectivity index (χ4v) is 2.17. The van der Waals surface area contributed by atoms with Crippen LogP contribution >= 0.6 is 51.1 Å². The predicted molar refractivity (Wildman–Crippen MR) is 68.9 cm³/mol. The second-order valence-corrected chi connectivity index (χ2v) is 4.91. The Balaban J connectivity index is 2.83. The second-order valence-electron chi connectivity index (χ2n) is 2.62. The fraction of sp³-hybridized carbons (Fsp3) is 0.222. The minimum absolute atomic E-state index is 0.177. The van der Waals surface area contributed by atoms with Crippen molar-refractivity contribution in [2.24, 2.45) is 0 Å². The van der Waals surface area contributed by atoms with Gasteiger partial charge >= 0.3 is 0 Å². The summed E-state index contributed by atoms with van der Waals surface area (Å²) in [6, 6.07) is 5.89. The number of carbonyl (C=O) groups is 1. The van der Waals surface area contributed by atoms with E-state index in [-0.39, 0.29) is 5.78 Å². The van der Waals surface area contributed by atoms with Gasteiger partial charge in [0.25, 0.3) is 0 Å². The molecule has 0 aliphatic carbocycles. The van der Waals surface area contributed by atoms with Crippen molar-refractivity contribution in [3.8, 4) is 0 Å². The van der Waals surface area contributed by atoms with Crippen molar-refractivity contribution in [3.63, 3.8) is 0 Å². The van der Waals surface area contributed by atoms with Crippen LogP contribution in [0.5, 0.6) is 0 Å². The van der Waals surface area contributed by atoms with Crippen molar-refractivity contribution in [1.82, 2.24) is 0 Å². The molecular formula is C9H8BrIOS. The van der Waals surface area contributed by atoms with Gasteiger partial charge in [-0.15, -0.1) is 12.6 Å². The predicted octanol–water partition coefficient (Wildman–Crippen LogP) is 3.09.